The summed E-state index contributed by atoms with van der Waals surface area (Å²) in [6.07, 6.45) is -4.29. The molecule has 8 heteroatoms. The smallest absolute Gasteiger partial charge is 0.350 e. The van der Waals surface area contributed by atoms with Crippen LogP contribution in [0.25, 0.3) is 0 Å². The van der Waals surface area contributed by atoms with Crippen molar-refractivity contribution in [3.8, 4) is 0 Å². The number of carbonyl (C=O) groups is 1. The Hall–Kier alpha value is -0.600. The maximum atomic E-state index is 11.8. The van der Waals surface area contributed by atoms with Crippen LogP contribution in [0.3, 0.4) is 0 Å². The number of carbonyl (C=O) groups excluding carboxylic acids is 1. The van der Waals surface area contributed by atoms with Gasteiger partial charge < -0.3 is 10.6 Å². The molecule has 0 aliphatic heterocycles. The van der Waals surface area contributed by atoms with E-state index in [1.807, 2.05) is 16.8 Å². The van der Waals surface area contributed by atoms with Crippen molar-refractivity contribution in [1.82, 2.24) is 10.6 Å². The number of hydrogen-bond donors (Lipinski definition) is 2. The number of hydrogen-bond acceptors (Lipinski definition) is 3. The molecule has 1 heterocycles. The highest BCUT2D eigenvalue weighted by Gasteiger charge is 2.26. The molecule has 0 saturated carbocycles. The van der Waals surface area contributed by atoms with Gasteiger partial charge in [0.25, 0.3) is 0 Å². The number of rotatable bonds is 5. The minimum atomic E-state index is -4.29. The fraction of sp³-hybridized carbons (Fsp3) is 0.444. The van der Waals surface area contributed by atoms with Crippen molar-refractivity contribution in [2.45, 2.75) is 12.7 Å². The lowest BCUT2D eigenvalue weighted by Crippen LogP contribution is -2.37. The van der Waals surface area contributed by atoms with Crippen molar-refractivity contribution in [3.05, 3.63) is 20.8 Å². The van der Waals surface area contributed by atoms with Gasteiger partial charge >= 0.3 is 6.18 Å². The van der Waals surface area contributed by atoms with Crippen molar-refractivity contribution < 1.29 is 18.0 Å². The van der Waals surface area contributed by atoms with Crippen LogP contribution in [0.5, 0.6) is 0 Å². The summed E-state index contributed by atoms with van der Waals surface area (Å²) in [5, 5.41) is 6.41. The number of thiophene rings is 1. The second kappa shape index (κ2) is 6.36. The Morgan fingerprint density at radius 3 is 2.71 bits per heavy atom. The highest BCUT2D eigenvalue weighted by atomic mass is 79.9. The molecule has 0 radical (unpaired) electrons. The molecule has 1 aromatic rings. The van der Waals surface area contributed by atoms with Crippen LogP contribution < -0.4 is 10.6 Å². The first kappa shape index (κ1) is 14.5. The van der Waals surface area contributed by atoms with Gasteiger partial charge in [0.05, 0.1) is 19.6 Å². The van der Waals surface area contributed by atoms with Crippen molar-refractivity contribution >= 4 is 33.2 Å². The van der Waals surface area contributed by atoms with Crippen LogP contribution in [0.2, 0.25) is 0 Å². The topological polar surface area (TPSA) is 41.1 Å². The van der Waals surface area contributed by atoms with E-state index in [1.165, 1.54) is 11.3 Å². The molecule has 1 amide bonds. The second-order valence-corrected chi connectivity index (χ2v) is 5.14. The number of alkyl halides is 3. The fourth-order valence-corrected chi connectivity index (χ4v) is 2.40. The average molecular weight is 331 g/mol. The molecule has 0 bridgehead atoms. The summed E-state index contributed by atoms with van der Waals surface area (Å²) in [6, 6.07) is 1.84. The molecule has 0 aliphatic carbocycles. The van der Waals surface area contributed by atoms with Crippen LogP contribution in [0.4, 0.5) is 13.2 Å². The van der Waals surface area contributed by atoms with Gasteiger partial charge in [0, 0.05) is 14.7 Å². The first-order chi connectivity index (χ1) is 7.87. The molecule has 3 nitrogen and oxygen atoms in total. The zero-order valence-electron chi connectivity index (χ0n) is 8.60. The van der Waals surface area contributed by atoms with E-state index in [2.05, 4.69) is 21.2 Å². The number of amides is 1. The van der Waals surface area contributed by atoms with Crippen LogP contribution >= 0.6 is 27.3 Å². The van der Waals surface area contributed by atoms with Crippen LogP contribution in [0.1, 0.15) is 4.88 Å². The SMILES string of the molecule is O=C(CNCC(F)(F)F)NCc1cc(Br)cs1. The molecule has 0 unspecified atom stereocenters. The molecule has 0 aliphatic rings. The van der Waals surface area contributed by atoms with Gasteiger partial charge in [0.15, 0.2) is 0 Å². The van der Waals surface area contributed by atoms with Crippen LogP contribution in [0, 0.1) is 0 Å². The first-order valence-corrected chi connectivity index (χ1v) is 6.31. The minimum absolute atomic E-state index is 0.322. The molecule has 0 spiro atoms. The van der Waals surface area contributed by atoms with E-state index in [-0.39, 0.29) is 6.54 Å². The van der Waals surface area contributed by atoms with Gasteiger partial charge in [-0.15, -0.1) is 11.3 Å². The van der Waals surface area contributed by atoms with Gasteiger partial charge in [-0.05, 0) is 22.0 Å². The third kappa shape index (κ3) is 6.64. The molecule has 0 atom stereocenters. The summed E-state index contributed by atoms with van der Waals surface area (Å²) in [7, 11) is 0. The van der Waals surface area contributed by atoms with E-state index in [4.69, 9.17) is 0 Å². The third-order valence-electron chi connectivity index (χ3n) is 1.69. The highest BCUT2D eigenvalue weighted by molar-refractivity contribution is 9.10. The minimum Gasteiger partial charge on any atom is -0.350 e. The Bertz CT molecular complexity index is 381. The summed E-state index contributed by atoms with van der Waals surface area (Å²) in [6.45, 7) is -1.18. The summed E-state index contributed by atoms with van der Waals surface area (Å²) in [5.41, 5.74) is 0. The van der Waals surface area contributed by atoms with Gasteiger partial charge in [0.1, 0.15) is 0 Å². The molecule has 1 rings (SSSR count). The third-order valence-corrected chi connectivity index (χ3v) is 3.39. The largest absolute Gasteiger partial charge is 0.401 e. The van der Waals surface area contributed by atoms with Crippen LogP contribution in [0.15, 0.2) is 15.9 Å². The molecule has 1 aromatic heterocycles. The fourth-order valence-electron chi connectivity index (χ4n) is 1.01. The van der Waals surface area contributed by atoms with Gasteiger partial charge in [-0.1, -0.05) is 0 Å². The van der Waals surface area contributed by atoms with E-state index in [9.17, 15) is 18.0 Å². The van der Waals surface area contributed by atoms with Crippen molar-refractivity contribution in [3.63, 3.8) is 0 Å². The predicted molar refractivity (Wildman–Crippen MR) is 62.8 cm³/mol. The molecule has 96 valence electrons. The summed E-state index contributed by atoms with van der Waals surface area (Å²) in [4.78, 5) is 12.1. The Balaban J connectivity index is 2.18. The Morgan fingerprint density at radius 1 is 1.47 bits per heavy atom. The number of nitrogens with one attached hydrogen (secondary N) is 2. The quantitative estimate of drug-likeness (QED) is 0.869. The predicted octanol–water partition coefficient (Wildman–Crippen LogP) is 2.28. The van der Waals surface area contributed by atoms with Crippen LogP contribution in [-0.4, -0.2) is 25.2 Å². The molecule has 17 heavy (non-hydrogen) atoms. The zero-order chi connectivity index (χ0) is 12.9. The Kier molecular flexibility index (Phi) is 5.41. The molecular weight excluding hydrogens is 321 g/mol. The van der Waals surface area contributed by atoms with Gasteiger partial charge in [-0.3, -0.25) is 4.79 Å². The standard InChI is InChI=1S/C9H10BrF3N2OS/c10-6-1-7(17-4-6)2-15-8(16)3-14-5-9(11,12)13/h1,4,14H,2-3,5H2,(H,15,16). The lowest BCUT2D eigenvalue weighted by atomic mass is 10.4. The first-order valence-electron chi connectivity index (χ1n) is 4.64. The number of halogens is 4. The monoisotopic (exact) mass is 330 g/mol. The van der Waals surface area contributed by atoms with Gasteiger partial charge in [0.2, 0.25) is 5.91 Å². The summed E-state index contributed by atoms with van der Waals surface area (Å²) in [5.74, 6) is -0.459. The summed E-state index contributed by atoms with van der Waals surface area (Å²) >= 11 is 4.72. The van der Waals surface area contributed by atoms with E-state index < -0.39 is 18.6 Å². The maximum Gasteiger partial charge on any atom is 0.401 e. The second-order valence-electron chi connectivity index (χ2n) is 3.23. The van der Waals surface area contributed by atoms with Gasteiger partial charge in [-0.25, -0.2) is 0 Å². The van der Waals surface area contributed by atoms with Crippen molar-refractivity contribution in [1.29, 1.82) is 0 Å². The average Bonchev–Trinajstić information content (AvgIpc) is 2.59. The molecular formula is C9H10BrF3N2OS. The molecule has 0 saturated heterocycles. The lowest BCUT2D eigenvalue weighted by Gasteiger charge is -2.08. The summed E-state index contributed by atoms with van der Waals surface area (Å²) < 4.78 is 36.2. The Morgan fingerprint density at radius 2 is 2.18 bits per heavy atom. The maximum absolute atomic E-state index is 11.8. The van der Waals surface area contributed by atoms with Crippen LogP contribution in [-0.2, 0) is 11.3 Å². The van der Waals surface area contributed by atoms with E-state index in [0.717, 1.165) is 9.35 Å². The van der Waals surface area contributed by atoms with Gasteiger partial charge in [-0.2, -0.15) is 13.2 Å². The molecule has 2 N–H and O–H groups in total. The highest BCUT2D eigenvalue weighted by Crippen LogP contribution is 2.19. The normalized spacial score (nSPS) is 11.5. The molecule has 0 fully saturated rings. The van der Waals surface area contributed by atoms with E-state index in [1.54, 1.807) is 0 Å². The van der Waals surface area contributed by atoms with E-state index >= 15 is 0 Å². The Labute approximate surface area is 109 Å². The zero-order valence-corrected chi connectivity index (χ0v) is 11.0. The van der Waals surface area contributed by atoms with Crippen molar-refractivity contribution in [2.24, 2.45) is 0 Å². The molecule has 0 aromatic carbocycles. The van der Waals surface area contributed by atoms with E-state index in [0.29, 0.717) is 6.54 Å². The van der Waals surface area contributed by atoms with Crippen molar-refractivity contribution in [2.75, 3.05) is 13.1 Å². The lowest BCUT2D eigenvalue weighted by molar-refractivity contribution is -0.128.